The van der Waals surface area contributed by atoms with Crippen LogP contribution in [0.4, 0.5) is 4.79 Å². The second-order valence-corrected chi connectivity index (χ2v) is 8.77. The fourth-order valence-corrected chi connectivity index (χ4v) is 4.26. The summed E-state index contributed by atoms with van der Waals surface area (Å²) in [6.07, 6.45) is -0.454. The molecule has 3 atom stereocenters. The fourth-order valence-electron chi connectivity index (χ4n) is 4.06. The lowest BCUT2D eigenvalue weighted by atomic mass is 9.65. The highest BCUT2D eigenvalue weighted by molar-refractivity contribution is 6.30. The van der Waals surface area contributed by atoms with Gasteiger partial charge in [0.2, 0.25) is 0 Å². The molecule has 8 heteroatoms. The molecule has 0 bridgehead atoms. The van der Waals surface area contributed by atoms with E-state index in [-0.39, 0.29) is 13.1 Å². The first-order chi connectivity index (χ1) is 13.1. The topological polar surface area (TPSA) is 91.7 Å². The van der Waals surface area contributed by atoms with Crippen molar-refractivity contribution in [3.05, 3.63) is 34.9 Å². The number of methoxy groups -OCH3 is 1. The number of hydrogen-bond acceptors (Lipinski definition) is 6. The summed E-state index contributed by atoms with van der Waals surface area (Å²) in [5, 5.41) is 13.7. The van der Waals surface area contributed by atoms with Gasteiger partial charge in [-0.05, 0) is 38.5 Å². The van der Waals surface area contributed by atoms with Gasteiger partial charge in [-0.2, -0.15) is 5.26 Å². The molecule has 2 aliphatic heterocycles. The van der Waals surface area contributed by atoms with Gasteiger partial charge in [0.25, 0.3) is 0 Å². The molecule has 2 saturated heterocycles. The molecule has 150 valence electrons. The van der Waals surface area contributed by atoms with Crippen LogP contribution in [0.25, 0.3) is 0 Å². The number of esters is 1. The van der Waals surface area contributed by atoms with Gasteiger partial charge in [-0.15, -0.1) is 0 Å². The van der Waals surface area contributed by atoms with Gasteiger partial charge in [0.15, 0.2) is 0 Å². The van der Waals surface area contributed by atoms with Crippen LogP contribution in [0.2, 0.25) is 5.02 Å². The Bertz CT molecular complexity index is 823. The molecule has 2 fully saturated rings. The minimum absolute atomic E-state index is 0.240. The predicted molar refractivity (Wildman–Crippen MR) is 102 cm³/mol. The molecular formula is C20H24ClN3O4. The minimum atomic E-state index is -0.744. The first-order valence-corrected chi connectivity index (χ1v) is 9.46. The minimum Gasteiger partial charge on any atom is -0.468 e. The monoisotopic (exact) mass is 405 g/mol. The Balaban J connectivity index is 1.89. The summed E-state index contributed by atoms with van der Waals surface area (Å²) < 4.78 is 10.4. The third kappa shape index (κ3) is 3.54. The molecule has 1 aromatic carbocycles. The highest BCUT2D eigenvalue weighted by atomic mass is 35.5. The third-order valence-corrected chi connectivity index (χ3v) is 5.51. The first-order valence-electron chi connectivity index (χ1n) is 9.08. The van der Waals surface area contributed by atoms with Crippen LogP contribution >= 0.6 is 11.6 Å². The zero-order valence-electron chi connectivity index (χ0n) is 16.4. The largest absolute Gasteiger partial charge is 0.468 e. The second kappa shape index (κ2) is 7.26. The average molecular weight is 406 g/mol. The number of halogens is 1. The predicted octanol–water partition coefficient (Wildman–Crippen LogP) is 2.90. The highest BCUT2D eigenvalue weighted by Gasteiger charge is 2.65. The van der Waals surface area contributed by atoms with E-state index >= 15 is 0 Å². The number of carbonyl (C=O) groups excluding carboxylic acids is 2. The van der Waals surface area contributed by atoms with Crippen LogP contribution < -0.4 is 5.32 Å². The molecule has 1 spiro atoms. The molecule has 0 saturated carbocycles. The summed E-state index contributed by atoms with van der Waals surface area (Å²) in [7, 11) is 1.32. The van der Waals surface area contributed by atoms with Crippen molar-refractivity contribution in [2.75, 3.05) is 20.2 Å². The first kappa shape index (κ1) is 20.4. The van der Waals surface area contributed by atoms with Crippen LogP contribution in [-0.4, -0.2) is 48.8 Å². The van der Waals surface area contributed by atoms with Crippen molar-refractivity contribution < 1.29 is 19.1 Å². The van der Waals surface area contributed by atoms with Gasteiger partial charge in [0.1, 0.15) is 11.6 Å². The van der Waals surface area contributed by atoms with Crippen LogP contribution in [0.5, 0.6) is 0 Å². The third-order valence-electron chi connectivity index (χ3n) is 5.28. The standard InChI is InChI=1S/C20H24ClN3O4/c1-19(2,3)28-18(26)24-10-20(11-24)14(9-22)15(23-16(20)17(25)27-4)12-6-5-7-13(21)8-12/h5-8,14-16,23H,10-11H2,1-4H3/t14-,15-,16+/m0/s1. The van der Waals surface area contributed by atoms with E-state index < -0.39 is 41.1 Å². The molecule has 1 N–H and O–H groups in total. The van der Waals surface area contributed by atoms with Crippen LogP contribution in [0, 0.1) is 22.7 Å². The number of hydrogen-bond donors (Lipinski definition) is 1. The van der Waals surface area contributed by atoms with Gasteiger partial charge in [-0.1, -0.05) is 23.7 Å². The molecule has 0 radical (unpaired) electrons. The number of amides is 1. The summed E-state index contributed by atoms with van der Waals surface area (Å²) in [5.74, 6) is -0.984. The number of nitrogens with zero attached hydrogens (tertiary/aromatic N) is 2. The summed E-state index contributed by atoms with van der Waals surface area (Å²) in [4.78, 5) is 26.4. The van der Waals surface area contributed by atoms with Gasteiger partial charge in [-0.25, -0.2) is 4.79 Å². The van der Waals surface area contributed by atoms with E-state index in [1.54, 1.807) is 39.0 Å². The van der Waals surface area contributed by atoms with Gasteiger partial charge in [0.05, 0.1) is 19.1 Å². The Morgan fingerprint density at radius 1 is 1.36 bits per heavy atom. The summed E-state index contributed by atoms with van der Waals surface area (Å²) in [6, 6.07) is 8.45. The molecule has 1 aromatic rings. The lowest BCUT2D eigenvalue weighted by Gasteiger charge is -2.51. The van der Waals surface area contributed by atoms with E-state index in [2.05, 4.69) is 11.4 Å². The van der Waals surface area contributed by atoms with Crippen molar-refractivity contribution in [1.82, 2.24) is 10.2 Å². The summed E-state index contributed by atoms with van der Waals surface area (Å²) in [6.45, 7) is 5.86. The summed E-state index contributed by atoms with van der Waals surface area (Å²) >= 11 is 6.11. The molecule has 0 aliphatic carbocycles. The SMILES string of the molecule is COC(=O)[C@H]1N[C@@H](c2cccc(Cl)c2)[C@H](C#N)C12CN(C(=O)OC(C)(C)C)C2. The number of nitrogens with one attached hydrogen (secondary N) is 1. The second-order valence-electron chi connectivity index (χ2n) is 8.33. The number of benzene rings is 1. The van der Waals surface area contributed by atoms with E-state index in [0.29, 0.717) is 5.02 Å². The van der Waals surface area contributed by atoms with E-state index in [9.17, 15) is 14.9 Å². The lowest BCUT2D eigenvalue weighted by Crippen LogP contribution is -2.67. The van der Waals surface area contributed by atoms with Crippen molar-refractivity contribution in [3.63, 3.8) is 0 Å². The average Bonchev–Trinajstić information content (AvgIpc) is 2.93. The quantitative estimate of drug-likeness (QED) is 0.760. The van der Waals surface area contributed by atoms with E-state index in [1.807, 2.05) is 6.07 Å². The zero-order valence-corrected chi connectivity index (χ0v) is 17.1. The van der Waals surface area contributed by atoms with Crippen LogP contribution in [0.1, 0.15) is 32.4 Å². The molecule has 28 heavy (non-hydrogen) atoms. The molecule has 7 nitrogen and oxygen atoms in total. The van der Waals surface area contributed by atoms with E-state index in [4.69, 9.17) is 21.1 Å². The zero-order chi connectivity index (χ0) is 20.7. The fraction of sp³-hybridized carbons (Fsp3) is 0.550. The maximum atomic E-state index is 12.5. The van der Waals surface area contributed by atoms with Crippen LogP contribution in [0.15, 0.2) is 24.3 Å². The molecular weight excluding hydrogens is 382 g/mol. The molecule has 2 heterocycles. The highest BCUT2D eigenvalue weighted by Crippen LogP contribution is 2.52. The Hall–Kier alpha value is -2.30. The van der Waals surface area contributed by atoms with Gasteiger partial charge < -0.3 is 14.4 Å². The number of nitriles is 1. The normalized spacial score (nSPS) is 25.7. The molecule has 0 aromatic heterocycles. The number of ether oxygens (including phenoxy) is 2. The Morgan fingerprint density at radius 2 is 2.04 bits per heavy atom. The van der Waals surface area contributed by atoms with Crippen molar-refractivity contribution in [2.45, 2.75) is 38.5 Å². The number of rotatable bonds is 2. The maximum absolute atomic E-state index is 12.5. The Labute approximate surface area is 169 Å². The van der Waals surface area contributed by atoms with E-state index in [0.717, 1.165) is 5.56 Å². The molecule has 3 rings (SSSR count). The van der Waals surface area contributed by atoms with Crippen molar-refractivity contribution >= 4 is 23.7 Å². The van der Waals surface area contributed by atoms with Gasteiger partial charge >= 0.3 is 12.1 Å². The number of likely N-dealkylation sites (tertiary alicyclic amines) is 1. The van der Waals surface area contributed by atoms with Crippen LogP contribution in [-0.2, 0) is 14.3 Å². The van der Waals surface area contributed by atoms with Crippen molar-refractivity contribution in [1.29, 1.82) is 5.26 Å². The number of carbonyl (C=O) groups is 2. The Kier molecular flexibility index (Phi) is 5.30. The molecule has 2 aliphatic rings. The van der Waals surface area contributed by atoms with Crippen molar-refractivity contribution in [2.24, 2.45) is 11.3 Å². The molecule has 0 unspecified atom stereocenters. The van der Waals surface area contributed by atoms with Crippen molar-refractivity contribution in [3.8, 4) is 6.07 Å². The molecule has 1 amide bonds. The van der Waals surface area contributed by atoms with Gasteiger partial charge in [0, 0.05) is 29.6 Å². The smallest absolute Gasteiger partial charge is 0.410 e. The van der Waals surface area contributed by atoms with Gasteiger partial charge in [-0.3, -0.25) is 10.1 Å². The summed E-state index contributed by atoms with van der Waals surface area (Å²) in [5.41, 5.74) is -0.542. The Morgan fingerprint density at radius 3 is 2.57 bits per heavy atom. The van der Waals surface area contributed by atoms with Crippen LogP contribution in [0.3, 0.4) is 0 Å². The van der Waals surface area contributed by atoms with E-state index in [1.165, 1.54) is 12.0 Å². The maximum Gasteiger partial charge on any atom is 0.410 e. The lowest BCUT2D eigenvalue weighted by molar-refractivity contribution is -0.150.